The largest absolute Gasteiger partial charge is 0.356 e. The predicted octanol–water partition coefficient (Wildman–Crippen LogP) is 1.60. The van der Waals surface area contributed by atoms with Gasteiger partial charge in [0, 0.05) is 18.5 Å². The molecular formula is C14H18ClN3O2. The van der Waals surface area contributed by atoms with Crippen LogP contribution in [-0.4, -0.2) is 35.6 Å². The van der Waals surface area contributed by atoms with Crippen LogP contribution < -0.4 is 5.73 Å². The van der Waals surface area contributed by atoms with Gasteiger partial charge in [-0.3, -0.25) is 4.79 Å². The second kappa shape index (κ2) is 6.24. The zero-order valence-corrected chi connectivity index (χ0v) is 11.9. The minimum absolute atomic E-state index is 0. The molecule has 0 radical (unpaired) electrons. The standard InChI is InChI=1S/C14H17N3O2.ClH/c15-8-10-5-6-17(9-10)14(18)7-12-11-3-1-2-4-13(11)19-16-12;/h1-4,10H,5-9,15H2;1H. The Morgan fingerprint density at radius 2 is 2.25 bits per heavy atom. The van der Waals surface area contributed by atoms with Gasteiger partial charge in [-0.05, 0) is 31.0 Å². The molecule has 2 heterocycles. The van der Waals surface area contributed by atoms with Crippen molar-refractivity contribution < 1.29 is 9.32 Å². The number of amides is 1. The summed E-state index contributed by atoms with van der Waals surface area (Å²) in [6, 6.07) is 7.61. The molecule has 108 valence electrons. The minimum Gasteiger partial charge on any atom is -0.356 e. The molecule has 2 aromatic rings. The van der Waals surface area contributed by atoms with Gasteiger partial charge in [-0.15, -0.1) is 12.4 Å². The van der Waals surface area contributed by atoms with Crippen molar-refractivity contribution in [2.45, 2.75) is 12.8 Å². The number of rotatable bonds is 3. The lowest BCUT2D eigenvalue weighted by Gasteiger charge is -2.15. The summed E-state index contributed by atoms with van der Waals surface area (Å²) >= 11 is 0. The summed E-state index contributed by atoms with van der Waals surface area (Å²) < 4.78 is 5.21. The minimum atomic E-state index is 0. The summed E-state index contributed by atoms with van der Waals surface area (Å²) in [6.45, 7) is 2.22. The summed E-state index contributed by atoms with van der Waals surface area (Å²) in [7, 11) is 0. The van der Waals surface area contributed by atoms with Crippen molar-refractivity contribution in [2.75, 3.05) is 19.6 Å². The van der Waals surface area contributed by atoms with E-state index in [1.54, 1.807) is 0 Å². The molecule has 1 amide bonds. The Hall–Kier alpha value is -1.59. The molecule has 1 aromatic heterocycles. The lowest BCUT2D eigenvalue weighted by Crippen LogP contribution is -2.31. The highest BCUT2D eigenvalue weighted by molar-refractivity contribution is 5.86. The first-order valence-corrected chi connectivity index (χ1v) is 6.59. The van der Waals surface area contributed by atoms with Gasteiger partial charge in [0.15, 0.2) is 5.58 Å². The van der Waals surface area contributed by atoms with Gasteiger partial charge in [0.05, 0.1) is 6.42 Å². The Labute approximate surface area is 123 Å². The van der Waals surface area contributed by atoms with Crippen molar-refractivity contribution in [2.24, 2.45) is 11.7 Å². The van der Waals surface area contributed by atoms with E-state index in [4.69, 9.17) is 10.3 Å². The molecule has 20 heavy (non-hydrogen) atoms. The fourth-order valence-corrected chi connectivity index (χ4v) is 2.57. The van der Waals surface area contributed by atoms with Crippen LogP contribution in [0.1, 0.15) is 12.1 Å². The Bertz CT molecular complexity index is 599. The lowest BCUT2D eigenvalue weighted by molar-refractivity contribution is -0.129. The first-order valence-electron chi connectivity index (χ1n) is 6.59. The summed E-state index contributed by atoms with van der Waals surface area (Å²) in [5.74, 6) is 0.549. The summed E-state index contributed by atoms with van der Waals surface area (Å²) in [6.07, 6.45) is 1.30. The molecule has 0 spiro atoms. The Kier molecular flexibility index (Phi) is 4.62. The van der Waals surface area contributed by atoms with Gasteiger partial charge >= 0.3 is 0 Å². The second-order valence-electron chi connectivity index (χ2n) is 5.03. The third-order valence-corrected chi connectivity index (χ3v) is 3.74. The van der Waals surface area contributed by atoms with Gasteiger partial charge in [-0.25, -0.2) is 0 Å². The number of nitrogens with zero attached hydrogens (tertiary/aromatic N) is 2. The summed E-state index contributed by atoms with van der Waals surface area (Å²) in [5, 5.41) is 4.92. The van der Waals surface area contributed by atoms with E-state index in [9.17, 15) is 4.79 Å². The fourth-order valence-electron chi connectivity index (χ4n) is 2.57. The number of carbonyl (C=O) groups is 1. The molecule has 1 aromatic carbocycles. The van der Waals surface area contributed by atoms with Gasteiger partial charge in [0.2, 0.25) is 5.91 Å². The molecular weight excluding hydrogens is 278 g/mol. The normalized spacial score (nSPS) is 18.2. The second-order valence-corrected chi connectivity index (χ2v) is 5.03. The number of aromatic nitrogens is 1. The van der Waals surface area contributed by atoms with Crippen LogP contribution in [0.15, 0.2) is 28.8 Å². The van der Waals surface area contributed by atoms with Crippen molar-refractivity contribution >= 4 is 29.3 Å². The molecule has 6 heteroatoms. The van der Waals surface area contributed by atoms with Gasteiger partial charge in [0.25, 0.3) is 0 Å². The average molecular weight is 296 g/mol. The van der Waals surface area contributed by atoms with Gasteiger partial charge in [0.1, 0.15) is 5.69 Å². The molecule has 3 rings (SSSR count). The van der Waals surface area contributed by atoms with Crippen molar-refractivity contribution in [3.05, 3.63) is 30.0 Å². The van der Waals surface area contributed by atoms with Crippen LogP contribution in [-0.2, 0) is 11.2 Å². The average Bonchev–Trinajstić information content (AvgIpc) is 3.06. The number of carbonyl (C=O) groups excluding carboxylic acids is 1. The quantitative estimate of drug-likeness (QED) is 0.933. The van der Waals surface area contributed by atoms with Crippen LogP contribution >= 0.6 is 12.4 Å². The molecule has 5 nitrogen and oxygen atoms in total. The third-order valence-electron chi connectivity index (χ3n) is 3.74. The number of fused-ring (bicyclic) bond motifs is 1. The van der Waals surface area contributed by atoms with Crippen LogP contribution in [0.25, 0.3) is 11.0 Å². The maximum absolute atomic E-state index is 12.2. The van der Waals surface area contributed by atoms with Crippen LogP contribution in [0.3, 0.4) is 0 Å². The zero-order valence-electron chi connectivity index (χ0n) is 11.1. The van der Waals surface area contributed by atoms with E-state index in [1.807, 2.05) is 29.2 Å². The van der Waals surface area contributed by atoms with Crippen LogP contribution in [0, 0.1) is 5.92 Å². The Balaban J connectivity index is 0.00000147. The molecule has 1 saturated heterocycles. The molecule has 1 atom stereocenters. The van der Waals surface area contributed by atoms with Gasteiger partial charge in [-0.2, -0.15) is 0 Å². The number of halogens is 1. The van der Waals surface area contributed by atoms with Crippen LogP contribution in [0.4, 0.5) is 0 Å². The Morgan fingerprint density at radius 1 is 1.45 bits per heavy atom. The molecule has 0 bridgehead atoms. The molecule has 2 N–H and O–H groups in total. The highest BCUT2D eigenvalue weighted by Crippen LogP contribution is 2.20. The predicted molar refractivity (Wildman–Crippen MR) is 78.7 cm³/mol. The summed E-state index contributed by atoms with van der Waals surface area (Å²) in [5.41, 5.74) is 7.09. The maximum Gasteiger partial charge on any atom is 0.228 e. The highest BCUT2D eigenvalue weighted by Gasteiger charge is 2.26. The number of hydrogen-bond acceptors (Lipinski definition) is 4. The topological polar surface area (TPSA) is 72.4 Å². The Morgan fingerprint density at radius 3 is 3.00 bits per heavy atom. The van der Waals surface area contributed by atoms with Crippen molar-refractivity contribution in [1.29, 1.82) is 0 Å². The molecule has 1 fully saturated rings. The monoisotopic (exact) mass is 295 g/mol. The zero-order chi connectivity index (χ0) is 13.2. The SMILES string of the molecule is Cl.NCC1CCN(C(=O)Cc2noc3ccccc23)C1. The number of hydrogen-bond donors (Lipinski definition) is 1. The molecule has 0 aliphatic carbocycles. The van der Waals surface area contributed by atoms with Crippen molar-refractivity contribution in [3.63, 3.8) is 0 Å². The first-order chi connectivity index (χ1) is 9.28. The van der Waals surface area contributed by atoms with E-state index in [0.717, 1.165) is 36.2 Å². The van der Waals surface area contributed by atoms with E-state index < -0.39 is 0 Å². The van der Waals surface area contributed by atoms with Gasteiger partial charge < -0.3 is 15.2 Å². The number of likely N-dealkylation sites (tertiary alicyclic amines) is 1. The highest BCUT2D eigenvalue weighted by atomic mass is 35.5. The van der Waals surface area contributed by atoms with E-state index in [-0.39, 0.29) is 18.3 Å². The van der Waals surface area contributed by atoms with E-state index >= 15 is 0 Å². The molecule has 1 aliphatic heterocycles. The number of benzene rings is 1. The third kappa shape index (κ3) is 2.78. The van der Waals surface area contributed by atoms with Crippen molar-refractivity contribution in [1.82, 2.24) is 10.1 Å². The van der Waals surface area contributed by atoms with E-state index in [2.05, 4.69) is 5.16 Å². The lowest BCUT2D eigenvalue weighted by atomic mass is 10.1. The molecule has 1 aliphatic rings. The first kappa shape index (κ1) is 14.8. The number of nitrogens with two attached hydrogens (primary N) is 1. The molecule has 1 unspecified atom stereocenters. The van der Waals surface area contributed by atoms with Crippen molar-refractivity contribution in [3.8, 4) is 0 Å². The maximum atomic E-state index is 12.2. The van der Waals surface area contributed by atoms with Gasteiger partial charge in [-0.1, -0.05) is 17.3 Å². The summed E-state index contributed by atoms with van der Waals surface area (Å²) in [4.78, 5) is 14.1. The smallest absolute Gasteiger partial charge is 0.228 e. The van der Waals surface area contributed by atoms with E-state index in [0.29, 0.717) is 18.9 Å². The van der Waals surface area contributed by atoms with Crippen LogP contribution in [0.5, 0.6) is 0 Å². The molecule has 0 saturated carbocycles. The van der Waals surface area contributed by atoms with Crippen LogP contribution in [0.2, 0.25) is 0 Å². The number of para-hydroxylation sites is 1. The fraction of sp³-hybridized carbons (Fsp3) is 0.429. The van der Waals surface area contributed by atoms with E-state index in [1.165, 1.54) is 0 Å².